The molecular weight excluding hydrogens is 235 g/mol. The van der Waals surface area contributed by atoms with Crippen LogP contribution in [0.1, 0.15) is 5.56 Å². The second-order valence-electron chi connectivity index (χ2n) is 2.98. The van der Waals surface area contributed by atoms with Crippen LogP contribution >= 0.6 is 23.2 Å². The van der Waals surface area contributed by atoms with Crippen LogP contribution in [0.15, 0.2) is 18.2 Å². The molecular formula is C10H12Cl2N2O. The molecule has 0 saturated carbocycles. The highest BCUT2D eigenvalue weighted by molar-refractivity contribution is 6.35. The average Bonchev–Trinajstić information content (AvgIpc) is 2.22. The highest BCUT2D eigenvalue weighted by atomic mass is 35.5. The van der Waals surface area contributed by atoms with Crippen LogP contribution in [0.5, 0.6) is 0 Å². The first-order chi connectivity index (χ1) is 7.15. The van der Waals surface area contributed by atoms with E-state index in [9.17, 15) is 4.79 Å². The topological polar surface area (TPSA) is 41.1 Å². The van der Waals surface area contributed by atoms with Crippen molar-refractivity contribution in [3.8, 4) is 0 Å². The highest BCUT2D eigenvalue weighted by Crippen LogP contribution is 2.23. The minimum absolute atomic E-state index is 0.0711. The van der Waals surface area contributed by atoms with E-state index < -0.39 is 0 Å². The van der Waals surface area contributed by atoms with Crippen molar-refractivity contribution < 1.29 is 4.79 Å². The number of amides is 1. The van der Waals surface area contributed by atoms with Crippen molar-refractivity contribution in [1.82, 2.24) is 10.6 Å². The molecule has 1 aromatic rings. The van der Waals surface area contributed by atoms with Crippen molar-refractivity contribution in [1.29, 1.82) is 0 Å². The minimum Gasteiger partial charge on any atom is -0.358 e. The van der Waals surface area contributed by atoms with Crippen LogP contribution in [-0.2, 0) is 11.3 Å². The Hall–Kier alpha value is -0.770. The first-order valence-electron chi connectivity index (χ1n) is 4.49. The van der Waals surface area contributed by atoms with Gasteiger partial charge in [0.1, 0.15) is 0 Å². The lowest BCUT2D eigenvalue weighted by atomic mass is 10.2. The van der Waals surface area contributed by atoms with Gasteiger partial charge in [0, 0.05) is 29.2 Å². The zero-order chi connectivity index (χ0) is 11.3. The maximum Gasteiger partial charge on any atom is 0.233 e. The minimum atomic E-state index is -0.0711. The Morgan fingerprint density at radius 2 is 1.93 bits per heavy atom. The summed E-state index contributed by atoms with van der Waals surface area (Å²) in [5.74, 6) is -0.0711. The van der Waals surface area contributed by atoms with Crippen molar-refractivity contribution >= 4 is 29.1 Å². The van der Waals surface area contributed by atoms with Crippen molar-refractivity contribution in [2.75, 3.05) is 13.6 Å². The molecule has 3 nitrogen and oxygen atoms in total. The van der Waals surface area contributed by atoms with Gasteiger partial charge >= 0.3 is 0 Å². The maximum absolute atomic E-state index is 10.9. The Balaban J connectivity index is 2.54. The summed E-state index contributed by atoms with van der Waals surface area (Å²) in [6.45, 7) is 0.726. The lowest BCUT2D eigenvalue weighted by Crippen LogP contribution is -2.31. The zero-order valence-electron chi connectivity index (χ0n) is 8.31. The Morgan fingerprint density at radius 3 is 2.47 bits per heavy atom. The van der Waals surface area contributed by atoms with Crippen molar-refractivity contribution in [3.63, 3.8) is 0 Å². The summed E-state index contributed by atoms with van der Waals surface area (Å²) >= 11 is 11.9. The fourth-order valence-corrected chi connectivity index (χ4v) is 1.62. The molecule has 0 heterocycles. The number of carbonyl (C=O) groups is 1. The van der Waals surface area contributed by atoms with Gasteiger partial charge in [0.15, 0.2) is 0 Å². The number of nitrogens with one attached hydrogen (secondary N) is 2. The van der Waals surface area contributed by atoms with E-state index in [0.29, 0.717) is 16.6 Å². The number of halogens is 2. The highest BCUT2D eigenvalue weighted by Gasteiger charge is 2.05. The van der Waals surface area contributed by atoms with Gasteiger partial charge in [-0.15, -0.1) is 0 Å². The Bertz CT molecular complexity index is 335. The molecule has 0 radical (unpaired) electrons. The molecule has 0 aliphatic heterocycles. The van der Waals surface area contributed by atoms with Crippen LogP contribution in [-0.4, -0.2) is 19.5 Å². The number of likely N-dealkylation sites (N-methyl/N-ethyl adjacent to an activating group) is 1. The van der Waals surface area contributed by atoms with Crippen LogP contribution in [0, 0.1) is 0 Å². The van der Waals surface area contributed by atoms with E-state index in [4.69, 9.17) is 23.2 Å². The van der Waals surface area contributed by atoms with Gasteiger partial charge in [-0.2, -0.15) is 0 Å². The van der Waals surface area contributed by atoms with E-state index in [1.165, 1.54) is 0 Å². The molecule has 0 atom stereocenters. The van der Waals surface area contributed by atoms with Crippen LogP contribution in [0.4, 0.5) is 0 Å². The van der Waals surface area contributed by atoms with Crippen LogP contribution in [0.3, 0.4) is 0 Å². The molecule has 0 fully saturated rings. The summed E-state index contributed by atoms with van der Waals surface area (Å²) in [5, 5.41) is 6.67. The molecule has 5 heteroatoms. The average molecular weight is 247 g/mol. The maximum atomic E-state index is 10.9. The van der Waals surface area contributed by atoms with Gasteiger partial charge in [0.05, 0.1) is 6.54 Å². The number of hydrogen-bond donors (Lipinski definition) is 2. The Labute approximate surface area is 98.8 Å². The molecule has 82 valence electrons. The second-order valence-corrected chi connectivity index (χ2v) is 3.79. The molecule has 0 aromatic heterocycles. The predicted molar refractivity (Wildman–Crippen MR) is 62.2 cm³/mol. The fraction of sp³-hybridized carbons (Fsp3) is 0.300. The van der Waals surface area contributed by atoms with Gasteiger partial charge in [-0.3, -0.25) is 4.79 Å². The predicted octanol–water partition coefficient (Wildman–Crippen LogP) is 1.83. The van der Waals surface area contributed by atoms with E-state index in [1.807, 2.05) is 0 Å². The monoisotopic (exact) mass is 246 g/mol. The van der Waals surface area contributed by atoms with Gasteiger partial charge in [0.2, 0.25) is 5.91 Å². The third-order valence-corrected chi connectivity index (χ3v) is 2.64. The third-order valence-electron chi connectivity index (χ3n) is 1.93. The SMILES string of the molecule is CNC(=O)CNCc1c(Cl)cccc1Cl. The smallest absolute Gasteiger partial charge is 0.233 e. The standard InChI is InChI=1S/C10H12Cl2N2O/c1-13-10(15)6-14-5-7-8(11)3-2-4-9(7)12/h2-4,14H,5-6H2,1H3,(H,13,15). The van der Waals surface area contributed by atoms with Gasteiger partial charge in [-0.05, 0) is 12.1 Å². The number of carbonyl (C=O) groups excluding carboxylic acids is 1. The Morgan fingerprint density at radius 1 is 1.33 bits per heavy atom. The quantitative estimate of drug-likeness (QED) is 0.852. The lowest BCUT2D eigenvalue weighted by Gasteiger charge is -2.07. The molecule has 15 heavy (non-hydrogen) atoms. The molecule has 2 N–H and O–H groups in total. The molecule has 0 unspecified atom stereocenters. The first kappa shape index (κ1) is 12.3. The zero-order valence-corrected chi connectivity index (χ0v) is 9.82. The summed E-state index contributed by atoms with van der Waals surface area (Å²) in [7, 11) is 1.59. The van der Waals surface area contributed by atoms with E-state index >= 15 is 0 Å². The molecule has 0 aliphatic rings. The van der Waals surface area contributed by atoms with Crippen molar-refractivity contribution in [2.45, 2.75) is 6.54 Å². The van der Waals surface area contributed by atoms with Crippen molar-refractivity contribution in [2.24, 2.45) is 0 Å². The van der Waals surface area contributed by atoms with Crippen LogP contribution in [0.25, 0.3) is 0 Å². The largest absolute Gasteiger partial charge is 0.358 e. The normalized spacial score (nSPS) is 10.1. The summed E-state index contributed by atoms with van der Waals surface area (Å²) < 4.78 is 0. The molecule has 0 bridgehead atoms. The second kappa shape index (κ2) is 5.95. The van der Waals surface area contributed by atoms with Crippen LogP contribution in [0.2, 0.25) is 10.0 Å². The van der Waals surface area contributed by atoms with Crippen molar-refractivity contribution in [3.05, 3.63) is 33.8 Å². The molecule has 1 rings (SSSR count). The summed E-state index contributed by atoms with van der Waals surface area (Å²) in [6, 6.07) is 5.32. The molecule has 1 aromatic carbocycles. The molecule has 0 spiro atoms. The Kier molecular flexibility index (Phi) is 4.88. The van der Waals surface area contributed by atoms with Gasteiger partial charge in [-0.1, -0.05) is 29.3 Å². The van der Waals surface area contributed by atoms with E-state index in [-0.39, 0.29) is 12.5 Å². The van der Waals surface area contributed by atoms with Gasteiger partial charge in [-0.25, -0.2) is 0 Å². The number of rotatable bonds is 4. The molecule has 1 amide bonds. The number of benzene rings is 1. The molecule has 0 aliphatic carbocycles. The van der Waals surface area contributed by atoms with E-state index in [0.717, 1.165) is 5.56 Å². The fourth-order valence-electron chi connectivity index (χ4n) is 1.09. The molecule has 0 saturated heterocycles. The van der Waals surface area contributed by atoms with Gasteiger partial charge < -0.3 is 10.6 Å². The van der Waals surface area contributed by atoms with E-state index in [1.54, 1.807) is 25.2 Å². The first-order valence-corrected chi connectivity index (χ1v) is 5.25. The third kappa shape index (κ3) is 3.70. The summed E-state index contributed by atoms with van der Waals surface area (Å²) in [6.07, 6.45) is 0. The van der Waals surface area contributed by atoms with Gasteiger partial charge in [0.25, 0.3) is 0 Å². The number of hydrogen-bond acceptors (Lipinski definition) is 2. The van der Waals surface area contributed by atoms with E-state index in [2.05, 4.69) is 10.6 Å². The lowest BCUT2D eigenvalue weighted by molar-refractivity contribution is -0.119. The summed E-state index contributed by atoms with van der Waals surface area (Å²) in [5.41, 5.74) is 0.810. The van der Waals surface area contributed by atoms with Crippen LogP contribution < -0.4 is 10.6 Å². The summed E-state index contributed by atoms with van der Waals surface area (Å²) in [4.78, 5) is 10.9.